The second-order valence-electron chi connectivity index (χ2n) is 4.87. The van der Waals surface area contributed by atoms with E-state index in [0.29, 0.717) is 18.6 Å². The van der Waals surface area contributed by atoms with Crippen molar-refractivity contribution in [3.63, 3.8) is 0 Å². The van der Waals surface area contributed by atoms with E-state index in [1.165, 1.54) is 18.2 Å². The van der Waals surface area contributed by atoms with Gasteiger partial charge in [0.1, 0.15) is 24.0 Å². The number of aliphatic hydroxyl groups is 1. The highest BCUT2D eigenvalue weighted by molar-refractivity contribution is 5.44. The average Bonchev–Trinajstić information content (AvgIpc) is 2.81. The van der Waals surface area contributed by atoms with E-state index in [-0.39, 0.29) is 12.2 Å². The Morgan fingerprint density at radius 3 is 2.55 bits per heavy atom. The molecular formula is C16H14F2O2. The Morgan fingerprint density at radius 2 is 1.80 bits per heavy atom. The minimum atomic E-state index is -0.613. The molecule has 20 heavy (non-hydrogen) atoms. The molecule has 0 aliphatic heterocycles. The van der Waals surface area contributed by atoms with E-state index in [0.717, 1.165) is 11.1 Å². The van der Waals surface area contributed by atoms with Gasteiger partial charge in [-0.1, -0.05) is 18.2 Å². The first kappa shape index (κ1) is 13.1. The molecule has 0 saturated heterocycles. The molecule has 0 amide bonds. The van der Waals surface area contributed by atoms with Crippen LogP contribution in [0.5, 0.6) is 5.75 Å². The Labute approximate surface area is 115 Å². The van der Waals surface area contributed by atoms with Crippen molar-refractivity contribution in [3.05, 3.63) is 64.7 Å². The summed E-state index contributed by atoms with van der Waals surface area (Å²) in [4.78, 5) is 0. The Balaban J connectivity index is 1.83. The fourth-order valence-electron chi connectivity index (χ4n) is 2.55. The maximum absolute atomic E-state index is 13.5. The molecule has 3 rings (SSSR count). The van der Waals surface area contributed by atoms with Crippen LogP contribution in [0, 0.1) is 11.6 Å². The molecule has 4 heteroatoms. The zero-order valence-electron chi connectivity index (χ0n) is 10.8. The molecule has 104 valence electrons. The van der Waals surface area contributed by atoms with E-state index in [9.17, 15) is 13.9 Å². The van der Waals surface area contributed by atoms with Crippen LogP contribution in [0.4, 0.5) is 8.78 Å². The molecule has 1 N–H and O–H groups in total. The first-order valence-corrected chi connectivity index (χ1v) is 6.52. The first-order chi connectivity index (χ1) is 9.66. The fourth-order valence-corrected chi connectivity index (χ4v) is 2.55. The quantitative estimate of drug-likeness (QED) is 0.929. The number of halogens is 2. The summed E-state index contributed by atoms with van der Waals surface area (Å²) < 4.78 is 32.6. The largest absolute Gasteiger partial charge is 0.488 e. The van der Waals surface area contributed by atoms with Gasteiger partial charge in [-0.25, -0.2) is 8.78 Å². The van der Waals surface area contributed by atoms with E-state index in [2.05, 4.69) is 0 Å². The van der Waals surface area contributed by atoms with Crippen LogP contribution in [-0.4, -0.2) is 5.11 Å². The highest BCUT2D eigenvalue weighted by atomic mass is 19.1. The van der Waals surface area contributed by atoms with Gasteiger partial charge in [-0.15, -0.1) is 0 Å². The number of benzene rings is 2. The summed E-state index contributed by atoms with van der Waals surface area (Å²) >= 11 is 0. The summed E-state index contributed by atoms with van der Waals surface area (Å²) in [5.41, 5.74) is 1.69. The zero-order chi connectivity index (χ0) is 14.1. The van der Waals surface area contributed by atoms with Crippen molar-refractivity contribution in [2.24, 2.45) is 0 Å². The topological polar surface area (TPSA) is 29.5 Å². The van der Waals surface area contributed by atoms with E-state index in [1.807, 2.05) is 6.07 Å². The van der Waals surface area contributed by atoms with Crippen molar-refractivity contribution in [3.8, 4) is 5.75 Å². The van der Waals surface area contributed by atoms with Crippen molar-refractivity contribution >= 4 is 0 Å². The number of aliphatic hydroxyl groups excluding tert-OH is 1. The number of fused-ring (bicyclic) bond motifs is 1. The zero-order valence-corrected chi connectivity index (χ0v) is 10.8. The van der Waals surface area contributed by atoms with Gasteiger partial charge >= 0.3 is 0 Å². The predicted molar refractivity (Wildman–Crippen MR) is 70.4 cm³/mol. The van der Waals surface area contributed by atoms with Crippen LogP contribution in [0.15, 0.2) is 36.4 Å². The van der Waals surface area contributed by atoms with Gasteiger partial charge < -0.3 is 9.84 Å². The number of hydrogen-bond donors (Lipinski definition) is 1. The average molecular weight is 276 g/mol. The maximum atomic E-state index is 13.5. The van der Waals surface area contributed by atoms with Gasteiger partial charge in [0.2, 0.25) is 0 Å². The van der Waals surface area contributed by atoms with Crippen LogP contribution in [0.2, 0.25) is 0 Å². The fraction of sp³-hybridized carbons (Fsp3) is 0.250. The third-order valence-corrected chi connectivity index (χ3v) is 3.63. The molecule has 2 aromatic rings. The van der Waals surface area contributed by atoms with Crippen molar-refractivity contribution in [2.45, 2.75) is 25.6 Å². The lowest BCUT2D eigenvalue weighted by Crippen LogP contribution is -2.03. The molecule has 0 bridgehead atoms. The minimum Gasteiger partial charge on any atom is -0.488 e. The van der Waals surface area contributed by atoms with E-state index < -0.39 is 17.7 Å². The van der Waals surface area contributed by atoms with Crippen molar-refractivity contribution in [1.29, 1.82) is 0 Å². The molecule has 2 aromatic carbocycles. The van der Waals surface area contributed by atoms with E-state index in [4.69, 9.17) is 4.74 Å². The number of rotatable bonds is 3. The highest BCUT2D eigenvalue weighted by Gasteiger charge is 2.23. The second kappa shape index (κ2) is 5.21. The lowest BCUT2D eigenvalue weighted by atomic mass is 10.1. The summed E-state index contributed by atoms with van der Waals surface area (Å²) in [7, 11) is 0. The Morgan fingerprint density at radius 1 is 1.10 bits per heavy atom. The van der Waals surface area contributed by atoms with E-state index in [1.54, 1.807) is 12.1 Å². The van der Waals surface area contributed by atoms with Gasteiger partial charge in [0.05, 0.1) is 11.7 Å². The Bertz CT molecular complexity index is 620. The smallest absolute Gasteiger partial charge is 0.132 e. The molecule has 1 unspecified atom stereocenters. The summed E-state index contributed by atoms with van der Waals surface area (Å²) in [6.07, 6.45) is 0.898. The minimum absolute atomic E-state index is 0.0800. The molecule has 0 aromatic heterocycles. The molecule has 0 spiro atoms. The van der Waals surface area contributed by atoms with Gasteiger partial charge in [-0.2, -0.15) is 0 Å². The van der Waals surface area contributed by atoms with Gasteiger partial charge in [0.25, 0.3) is 0 Å². The first-order valence-electron chi connectivity index (χ1n) is 6.52. The summed E-state index contributed by atoms with van der Waals surface area (Å²) in [6.45, 7) is -0.162. The SMILES string of the molecule is OC1CCc2c(OCc3c(F)cccc3F)cccc21. The molecule has 0 fully saturated rings. The molecule has 2 nitrogen and oxygen atoms in total. The van der Waals surface area contributed by atoms with Crippen LogP contribution < -0.4 is 4.74 Å². The summed E-state index contributed by atoms with van der Waals surface area (Å²) in [6, 6.07) is 9.13. The van der Waals surface area contributed by atoms with Crippen LogP contribution in [0.1, 0.15) is 29.2 Å². The molecule has 1 aliphatic carbocycles. The van der Waals surface area contributed by atoms with Gasteiger partial charge in [-0.05, 0) is 36.6 Å². The van der Waals surface area contributed by atoms with E-state index >= 15 is 0 Å². The lowest BCUT2D eigenvalue weighted by Gasteiger charge is -2.12. The molecular weight excluding hydrogens is 262 g/mol. The Kier molecular flexibility index (Phi) is 3.40. The van der Waals surface area contributed by atoms with Gasteiger partial charge in [-0.3, -0.25) is 0 Å². The maximum Gasteiger partial charge on any atom is 0.132 e. The van der Waals surface area contributed by atoms with Gasteiger partial charge in [0, 0.05) is 5.56 Å². The second-order valence-corrected chi connectivity index (χ2v) is 4.87. The van der Waals surface area contributed by atoms with Gasteiger partial charge in [0.15, 0.2) is 0 Å². The molecule has 0 radical (unpaired) electrons. The van der Waals surface area contributed by atoms with Crippen LogP contribution in [-0.2, 0) is 13.0 Å². The standard InChI is InChI=1S/C16H14F2O2/c17-13-4-2-5-14(18)12(13)9-20-16-6-1-3-10-11(16)7-8-15(10)19/h1-6,15,19H,7-9H2. The van der Waals surface area contributed by atoms with Crippen LogP contribution in [0.25, 0.3) is 0 Å². The third kappa shape index (κ3) is 2.27. The number of ether oxygens (including phenoxy) is 1. The summed E-state index contributed by atoms with van der Waals surface area (Å²) in [5, 5.41) is 9.80. The monoisotopic (exact) mass is 276 g/mol. The van der Waals surface area contributed by atoms with Crippen molar-refractivity contribution in [2.75, 3.05) is 0 Å². The molecule has 0 heterocycles. The highest BCUT2D eigenvalue weighted by Crippen LogP contribution is 2.37. The normalized spacial score (nSPS) is 17.1. The van der Waals surface area contributed by atoms with Crippen molar-refractivity contribution < 1.29 is 18.6 Å². The predicted octanol–water partition coefficient (Wildman–Crippen LogP) is 3.52. The van der Waals surface area contributed by atoms with Crippen molar-refractivity contribution in [1.82, 2.24) is 0 Å². The third-order valence-electron chi connectivity index (χ3n) is 3.63. The molecule has 0 saturated carbocycles. The number of hydrogen-bond acceptors (Lipinski definition) is 2. The Hall–Kier alpha value is -1.94. The van der Waals surface area contributed by atoms with Crippen LogP contribution >= 0.6 is 0 Å². The van der Waals surface area contributed by atoms with Crippen LogP contribution in [0.3, 0.4) is 0 Å². The molecule has 1 aliphatic rings. The lowest BCUT2D eigenvalue weighted by molar-refractivity contribution is 0.180. The molecule has 1 atom stereocenters. The summed E-state index contributed by atoms with van der Waals surface area (Å²) in [5.74, 6) is -0.642.